The highest BCUT2D eigenvalue weighted by molar-refractivity contribution is 6.18. The standard InChI is InChI=1S/C18H18N8O/c1-22-17(14-9-23-26(2)16(14)8-21)13(6-19)10-3-4-11-12(5-10)15(7-20)24-25-18(11)27/h3-6,9,19,22H,7,20H2,1-2H3,(H,25,27)/b17-13+,19-6?. The van der Waals surface area contributed by atoms with Crippen LogP contribution in [0.2, 0.25) is 0 Å². The first-order valence-corrected chi connectivity index (χ1v) is 8.12. The lowest BCUT2D eigenvalue weighted by Crippen LogP contribution is -2.14. The predicted molar refractivity (Wildman–Crippen MR) is 103 cm³/mol. The van der Waals surface area contributed by atoms with E-state index in [0.29, 0.717) is 44.6 Å². The topological polar surface area (TPSA) is 149 Å². The molecule has 0 unspecified atom stereocenters. The molecule has 3 aromatic rings. The number of hydrogen-bond donors (Lipinski definition) is 4. The van der Waals surface area contributed by atoms with Crippen molar-refractivity contribution in [3.05, 3.63) is 57.3 Å². The van der Waals surface area contributed by atoms with E-state index < -0.39 is 0 Å². The summed E-state index contributed by atoms with van der Waals surface area (Å²) in [6, 6.07) is 7.33. The van der Waals surface area contributed by atoms with E-state index >= 15 is 0 Å². The number of fused-ring (bicyclic) bond motifs is 1. The van der Waals surface area contributed by atoms with Crippen molar-refractivity contribution in [2.75, 3.05) is 7.05 Å². The minimum absolute atomic E-state index is 0.167. The van der Waals surface area contributed by atoms with Crippen LogP contribution in [0.15, 0.2) is 29.2 Å². The van der Waals surface area contributed by atoms with Crippen LogP contribution < -0.4 is 16.6 Å². The number of hydrogen-bond acceptors (Lipinski definition) is 7. The summed E-state index contributed by atoms with van der Waals surface area (Å²) in [5.74, 6) is 0. The van der Waals surface area contributed by atoms with Gasteiger partial charge in [0.25, 0.3) is 5.56 Å². The number of allylic oxidation sites excluding steroid dienone is 1. The van der Waals surface area contributed by atoms with E-state index in [4.69, 9.17) is 11.1 Å². The van der Waals surface area contributed by atoms with Crippen LogP contribution in [0.5, 0.6) is 0 Å². The first-order chi connectivity index (χ1) is 13.0. The Hall–Kier alpha value is -3.77. The molecule has 5 N–H and O–H groups in total. The van der Waals surface area contributed by atoms with E-state index in [1.165, 1.54) is 10.9 Å². The van der Waals surface area contributed by atoms with Gasteiger partial charge >= 0.3 is 0 Å². The lowest BCUT2D eigenvalue weighted by atomic mass is 9.97. The number of aromatic nitrogens is 4. The third kappa shape index (κ3) is 2.98. The molecule has 27 heavy (non-hydrogen) atoms. The third-order valence-electron chi connectivity index (χ3n) is 4.35. The average Bonchev–Trinajstić information content (AvgIpc) is 3.06. The Morgan fingerprint density at radius 2 is 2.26 bits per heavy atom. The first-order valence-electron chi connectivity index (χ1n) is 8.12. The molecule has 0 aliphatic rings. The van der Waals surface area contributed by atoms with E-state index in [-0.39, 0.29) is 12.1 Å². The summed E-state index contributed by atoms with van der Waals surface area (Å²) in [5.41, 5.74) is 8.78. The fourth-order valence-electron chi connectivity index (χ4n) is 3.01. The lowest BCUT2D eigenvalue weighted by Gasteiger charge is -2.13. The molecule has 0 amide bonds. The van der Waals surface area contributed by atoms with Crippen molar-refractivity contribution in [3.63, 3.8) is 0 Å². The van der Waals surface area contributed by atoms with Gasteiger partial charge in [-0.05, 0) is 17.7 Å². The van der Waals surface area contributed by atoms with Gasteiger partial charge in [0.15, 0.2) is 0 Å². The molecule has 0 saturated heterocycles. The van der Waals surface area contributed by atoms with Crippen molar-refractivity contribution in [2.45, 2.75) is 6.54 Å². The zero-order valence-electron chi connectivity index (χ0n) is 14.9. The maximum atomic E-state index is 12.0. The molecular weight excluding hydrogens is 344 g/mol. The summed E-state index contributed by atoms with van der Waals surface area (Å²) in [7, 11) is 3.40. The quantitative estimate of drug-likeness (QED) is 0.491. The van der Waals surface area contributed by atoms with E-state index in [1.807, 2.05) is 0 Å². The largest absolute Gasteiger partial charge is 0.387 e. The summed E-state index contributed by atoms with van der Waals surface area (Å²) in [6.07, 6.45) is 2.77. The molecule has 1 aromatic carbocycles. The van der Waals surface area contributed by atoms with Gasteiger partial charge in [-0.2, -0.15) is 15.5 Å². The highest BCUT2D eigenvalue weighted by Gasteiger charge is 2.17. The van der Waals surface area contributed by atoms with Crippen LogP contribution in [0, 0.1) is 16.7 Å². The zero-order valence-corrected chi connectivity index (χ0v) is 14.9. The van der Waals surface area contributed by atoms with Gasteiger partial charge in [-0.1, -0.05) is 6.07 Å². The monoisotopic (exact) mass is 362 g/mol. The third-order valence-corrected chi connectivity index (χ3v) is 4.35. The van der Waals surface area contributed by atoms with Crippen molar-refractivity contribution in [2.24, 2.45) is 12.8 Å². The Bertz CT molecular complexity index is 1160. The normalized spacial score (nSPS) is 11.8. The fourth-order valence-corrected chi connectivity index (χ4v) is 3.01. The van der Waals surface area contributed by atoms with Crippen molar-refractivity contribution < 1.29 is 0 Å². The van der Waals surface area contributed by atoms with E-state index in [0.717, 1.165) is 0 Å². The van der Waals surface area contributed by atoms with Crippen LogP contribution in [-0.4, -0.2) is 33.2 Å². The molecule has 9 heteroatoms. The Labute approximate surface area is 154 Å². The molecule has 0 spiro atoms. The highest BCUT2D eigenvalue weighted by Crippen LogP contribution is 2.27. The fraction of sp³-hybridized carbons (Fsp3) is 0.167. The van der Waals surface area contributed by atoms with Gasteiger partial charge in [0, 0.05) is 37.8 Å². The van der Waals surface area contributed by atoms with Gasteiger partial charge < -0.3 is 16.5 Å². The molecule has 3 rings (SSSR count). The molecule has 0 aliphatic carbocycles. The van der Waals surface area contributed by atoms with Gasteiger partial charge in [0.1, 0.15) is 11.8 Å². The maximum Gasteiger partial charge on any atom is 0.272 e. The van der Waals surface area contributed by atoms with Gasteiger partial charge in [-0.25, -0.2) is 5.10 Å². The number of nitrogens with two attached hydrogens (primary N) is 1. The van der Waals surface area contributed by atoms with Crippen molar-refractivity contribution in [1.29, 1.82) is 10.7 Å². The smallest absolute Gasteiger partial charge is 0.272 e. The number of H-pyrrole nitrogens is 1. The average molecular weight is 362 g/mol. The number of aryl methyl sites for hydroxylation is 1. The second kappa shape index (κ2) is 7.23. The molecular formula is C18H18N8O. The van der Waals surface area contributed by atoms with Gasteiger partial charge in [0.2, 0.25) is 0 Å². The van der Waals surface area contributed by atoms with Crippen LogP contribution in [-0.2, 0) is 13.6 Å². The molecule has 0 atom stereocenters. The molecule has 0 radical (unpaired) electrons. The SMILES string of the molecule is CN/C(=C(\C=N)c1ccc2c(=O)[nH]nc(CN)c2c1)c1cnn(C)c1C#N. The Balaban J connectivity index is 2.31. The number of rotatable bonds is 5. The lowest BCUT2D eigenvalue weighted by molar-refractivity contribution is 0.755. The minimum atomic E-state index is -0.304. The maximum absolute atomic E-state index is 12.0. The Morgan fingerprint density at radius 3 is 2.89 bits per heavy atom. The summed E-state index contributed by atoms with van der Waals surface area (Å²) >= 11 is 0. The van der Waals surface area contributed by atoms with Crippen LogP contribution in [0.25, 0.3) is 22.0 Å². The van der Waals surface area contributed by atoms with Crippen LogP contribution in [0.4, 0.5) is 0 Å². The van der Waals surface area contributed by atoms with E-state index in [1.54, 1.807) is 38.5 Å². The summed E-state index contributed by atoms with van der Waals surface area (Å²) in [5, 5.41) is 32.1. The number of nitrogens with one attached hydrogen (secondary N) is 3. The summed E-state index contributed by atoms with van der Waals surface area (Å²) in [4.78, 5) is 12.0. The molecule has 0 fully saturated rings. The van der Waals surface area contributed by atoms with Crippen LogP contribution >= 0.6 is 0 Å². The second-order valence-electron chi connectivity index (χ2n) is 5.79. The van der Waals surface area contributed by atoms with Crippen molar-refractivity contribution >= 4 is 28.3 Å². The summed E-state index contributed by atoms with van der Waals surface area (Å²) in [6.45, 7) is 0.167. The minimum Gasteiger partial charge on any atom is -0.387 e. The highest BCUT2D eigenvalue weighted by atomic mass is 16.1. The summed E-state index contributed by atoms with van der Waals surface area (Å²) < 4.78 is 1.48. The van der Waals surface area contributed by atoms with Crippen molar-refractivity contribution in [3.8, 4) is 6.07 Å². The molecule has 0 bridgehead atoms. The second-order valence-corrected chi connectivity index (χ2v) is 5.79. The molecule has 0 aliphatic heterocycles. The Kier molecular flexibility index (Phi) is 4.83. The number of nitrogens with zero attached hydrogens (tertiary/aromatic N) is 4. The molecule has 2 heterocycles. The molecule has 9 nitrogen and oxygen atoms in total. The predicted octanol–water partition coefficient (Wildman–Crippen LogP) is 0.724. The van der Waals surface area contributed by atoms with Crippen LogP contribution in [0.1, 0.15) is 22.5 Å². The number of benzene rings is 1. The van der Waals surface area contributed by atoms with E-state index in [2.05, 4.69) is 26.7 Å². The van der Waals surface area contributed by atoms with Crippen molar-refractivity contribution in [1.82, 2.24) is 25.3 Å². The van der Waals surface area contributed by atoms with Gasteiger partial charge in [0.05, 0.1) is 28.5 Å². The zero-order chi connectivity index (χ0) is 19.6. The number of aromatic amines is 1. The molecule has 2 aromatic heterocycles. The van der Waals surface area contributed by atoms with E-state index in [9.17, 15) is 10.1 Å². The molecule has 0 saturated carbocycles. The molecule has 136 valence electrons. The number of nitriles is 1. The Morgan fingerprint density at radius 1 is 1.48 bits per heavy atom. The van der Waals surface area contributed by atoms with Gasteiger partial charge in [-0.3, -0.25) is 9.48 Å². The van der Waals surface area contributed by atoms with Gasteiger partial charge in [-0.15, -0.1) is 0 Å². The van der Waals surface area contributed by atoms with Crippen LogP contribution in [0.3, 0.4) is 0 Å². The first kappa shape index (κ1) is 18.0.